The molecule has 1 aromatic carbocycles. The first-order chi connectivity index (χ1) is 7.09. The van der Waals surface area contributed by atoms with Crippen molar-refractivity contribution in [2.75, 3.05) is 6.54 Å². The summed E-state index contributed by atoms with van der Waals surface area (Å²) < 4.78 is 0. The highest BCUT2D eigenvalue weighted by atomic mass is 16.4. The van der Waals surface area contributed by atoms with E-state index < -0.39 is 6.09 Å². The molecule has 0 aliphatic heterocycles. The largest absolute Gasteiger partial charge is 0.465 e. The van der Waals surface area contributed by atoms with Crippen LogP contribution in [0.1, 0.15) is 12.5 Å². The molecule has 0 aliphatic carbocycles. The maximum Gasteiger partial charge on any atom is 0.407 e. The summed E-state index contributed by atoms with van der Waals surface area (Å²) in [5, 5.41) is 8.95. The molecule has 4 heteroatoms. The van der Waals surface area contributed by atoms with Crippen molar-refractivity contribution in [3.63, 3.8) is 0 Å². The van der Waals surface area contributed by atoms with Gasteiger partial charge in [0.15, 0.2) is 0 Å². The second-order valence-electron chi connectivity index (χ2n) is 3.63. The Morgan fingerprint density at radius 3 is 2.53 bits per heavy atom. The van der Waals surface area contributed by atoms with Gasteiger partial charge in [0.1, 0.15) is 0 Å². The van der Waals surface area contributed by atoms with Crippen molar-refractivity contribution in [1.82, 2.24) is 4.90 Å². The first kappa shape index (κ1) is 11.5. The average molecular weight is 208 g/mol. The molecule has 4 nitrogen and oxygen atoms in total. The number of nitrogens with zero attached hydrogens (tertiary/aromatic N) is 1. The maximum atomic E-state index is 10.9. The van der Waals surface area contributed by atoms with E-state index in [0.29, 0.717) is 13.1 Å². The van der Waals surface area contributed by atoms with E-state index in [9.17, 15) is 4.79 Å². The van der Waals surface area contributed by atoms with Gasteiger partial charge in [-0.25, -0.2) is 4.79 Å². The zero-order valence-electron chi connectivity index (χ0n) is 8.76. The normalized spacial score (nSPS) is 12.1. The lowest BCUT2D eigenvalue weighted by molar-refractivity contribution is 0.140. The number of hydrogen-bond acceptors (Lipinski definition) is 2. The summed E-state index contributed by atoms with van der Waals surface area (Å²) in [5.74, 6) is 0. The van der Waals surface area contributed by atoms with Gasteiger partial charge in [-0.1, -0.05) is 30.3 Å². The van der Waals surface area contributed by atoms with Crippen molar-refractivity contribution in [1.29, 1.82) is 0 Å². The smallest absolute Gasteiger partial charge is 0.407 e. The Kier molecular flexibility index (Phi) is 4.12. The third-order valence-electron chi connectivity index (χ3n) is 2.00. The van der Waals surface area contributed by atoms with Crippen LogP contribution in [0.25, 0.3) is 0 Å². The molecule has 15 heavy (non-hydrogen) atoms. The standard InChI is InChI=1S/C11H16N2O2/c1-9(12)7-13(11(14)15)8-10-5-3-2-4-6-10/h2-6,9H,7-8,12H2,1H3,(H,14,15)/t9-/m1/s1. The van der Waals surface area contributed by atoms with Gasteiger partial charge >= 0.3 is 6.09 Å². The monoisotopic (exact) mass is 208 g/mol. The van der Waals surface area contributed by atoms with Crippen LogP contribution < -0.4 is 5.73 Å². The number of nitrogens with two attached hydrogens (primary N) is 1. The summed E-state index contributed by atoms with van der Waals surface area (Å²) in [7, 11) is 0. The minimum absolute atomic E-state index is 0.148. The fourth-order valence-electron chi connectivity index (χ4n) is 1.36. The van der Waals surface area contributed by atoms with Gasteiger partial charge in [0.2, 0.25) is 0 Å². The number of amides is 1. The number of carbonyl (C=O) groups is 1. The molecule has 0 unspecified atom stereocenters. The van der Waals surface area contributed by atoms with Crippen LogP contribution in [-0.2, 0) is 6.54 Å². The van der Waals surface area contributed by atoms with Gasteiger partial charge < -0.3 is 15.7 Å². The summed E-state index contributed by atoms with van der Waals surface area (Å²) in [5.41, 5.74) is 6.55. The molecule has 1 rings (SSSR count). The fraction of sp³-hybridized carbons (Fsp3) is 0.364. The van der Waals surface area contributed by atoms with Crippen LogP contribution in [0.15, 0.2) is 30.3 Å². The van der Waals surface area contributed by atoms with Gasteiger partial charge in [0.05, 0.1) is 0 Å². The van der Waals surface area contributed by atoms with E-state index in [0.717, 1.165) is 5.56 Å². The van der Waals surface area contributed by atoms with Crippen LogP contribution in [0, 0.1) is 0 Å². The van der Waals surface area contributed by atoms with Crippen molar-refractivity contribution in [2.24, 2.45) is 5.73 Å². The number of rotatable bonds is 4. The van der Waals surface area contributed by atoms with E-state index in [1.54, 1.807) is 6.92 Å². The van der Waals surface area contributed by atoms with Gasteiger partial charge in [0, 0.05) is 19.1 Å². The van der Waals surface area contributed by atoms with E-state index in [4.69, 9.17) is 10.8 Å². The molecular formula is C11H16N2O2. The third-order valence-corrected chi connectivity index (χ3v) is 2.00. The molecule has 1 amide bonds. The highest BCUT2D eigenvalue weighted by Gasteiger charge is 2.13. The molecule has 0 spiro atoms. The summed E-state index contributed by atoms with van der Waals surface area (Å²) in [4.78, 5) is 12.2. The molecule has 0 heterocycles. The molecule has 3 N–H and O–H groups in total. The van der Waals surface area contributed by atoms with Crippen LogP contribution in [-0.4, -0.2) is 28.7 Å². The van der Waals surface area contributed by atoms with Crippen molar-refractivity contribution in [3.8, 4) is 0 Å². The van der Waals surface area contributed by atoms with E-state index in [2.05, 4.69) is 0 Å². The van der Waals surface area contributed by atoms with Crippen molar-refractivity contribution < 1.29 is 9.90 Å². The molecule has 1 aromatic rings. The predicted molar refractivity (Wildman–Crippen MR) is 58.5 cm³/mol. The van der Waals surface area contributed by atoms with Gasteiger partial charge in [0.25, 0.3) is 0 Å². The number of carboxylic acid groups (broad SMARTS) is 1. The van der Waals surface area contributed by atoms with Crippen LogP contribution in [0.2, 0.25) is 0 Å². The lowest BCUT2D eigenvalue weighted by Gasteiger charge is -2.21. The quantitative estimate of drug-likeness (QED) is 0.788. The van der Waals surface area contributed by atoms with E-state index in [-0.39, 0.29) is 6.04 Å². The fourth-order valence-corrected chi connectivity index (χ4v) is 1.36. The van der Waals surface area contributed by atoms with Gasteiger partial charge in [-0.3, -0.25) is 0 Å². The maximum absolute atomic E-state index is 10.9. The van der Waals surface area contributed by atoms with E-state index in [1.165, 1.54) is 4.90 Å². The van der Waals surface area contributed by atoms with Crippen molar-refractivity contribution in [3.05, 3.63) is 35.9 Å². The molecule has 0 saturated carbocycles. The van der Waals surface area contributed by atoms with Gasteiger partial charge in [-0.05, 0) is 12.5 Å². The Balaban J connectivity index is 2.63. The molecule has 1 atom stereocenters. The minimum atomic E-state index is -0.934. The SMILES string of the molecule is C[C@@H](N)CN(Cc1ccccc1)C(=O)O. The van der Waals surface area contributed by atoms with Crippen molar-refractivity contribution >= 4 is 6.09 Å². The molecule has 0 aliphatic rings. The van der Waals surface area contributed by atoms with E-state index in [1.807, 2.05) is 30.3 Å². The molecule has 82 valence electrons. The molecule has 0 saturated heterocycles. The second-order valence-corrected chi connectivity index (χ2v) is 3.63. The van der Waals surface area contributed by atoms with Gasteiger partial charge in [-0.15, -0.1) is 0 Å². The summed E-state index contributed by atoms with van der Waals surface area (Å²) in [6.07, 6.45) is -0.934. The van der Waals surface area contributed by atoms with Crippen LogP contribution >= 0.6 is 0 Å². The lowest BCUT2D eigenvalue weighted by atomic mass is 10.2. The highest BCUT2D eigenvalue weighted by Crippen LogP contribution is 2.04. The summed E-state index contributed by atoms with van der Waals surface area (Å²) in [6, 6.07) is 9.33. The summed E-state index contributed by atoms with van der Waals surface area (Å²) >= 11 is 0. The first-order valence-corrected chi connectivity index (χ1v) is 4.87. The molecule has 0 radical (unpaired) electrons. The lowest BCUT2D eigenvalue weighted by Crippen LogP contribution is -2.38. The Bertz CT molecular complexity index is 312. The number of benzene rings is 1. The molecule has 0 fully saturated rings. The Morgan fingerprint density at radius 1 is 1.47 bits per heavy atom. The zero-order chi connectivity index (χ0) is 11.3. The zero-order valence-corrected chi connectivity index (χ0v) is 8.76. The van der Waals surface area contributed by atoms with Gasteiger partial charge in [-0.2, -0.15) is 0 Å². The Morgan fingerprint density at radius 2 is 2.07 bits per heavy atom. The minimum Gasteiger partial charge on any atom is -0.465 e. The Labute approximate surface area is 89.3 Å². The average Bonchev–Trinajstić information content (AvgIpc) is 2.17. The van der Waals surface area contributed by atoms with Crippen LogP contribution in [0.5, 0.6) is 0 Å². The molecule has 0 aromatic heterocycles. The Hall–Kier alpha value is -1.55. The third kappa shape index (κ3) is 3.99. The van der Waals surface area contributed by atoms with Crippen LogP contribution in [0.3, 0.4) is 0 Å². The topological polar surface area (TPSA) is 66.6 Å². The molecular weight excluding hydrogens is 192 g/mol. The predicted octanol–water partition coefficient (Wildman–Crippen LogP) is 1.51. The van der Waals surface area contributed by atoms with Crippen LogP contribution in [0.4, 0.5) is 4.79 Å². The van der Waals surface area contributed by atoms with Crippen molar-refractivity contribution in [2.45, 2.75) is 19.5 Å². The first-order valence-electron chi connectivity index (χ1n) is 4.87. The summed E-state index contributed by atoms with van der Waals surface area (Å²) in [6.45, 7) is 2.53. The van der Waals surface area contributed by atoms with E-state index >= 15 is 0 Å². The number of hydrogen-bond donors (Lipinski definition) is 2. The second kappa shape index (κ2) is 5.36. The molecule has 0 bridgehead atoms. The highest BCUT2D eigenvalue weighted by molar-refractivity contribution is 5.65.